The Morgan fingerprint density at radius 2 is 2.13 bits per heavy atom. The number of nitrogens with one attached hydrogen (secondary N) is 1. The van der Waals surface area contributed by atoms with E-state index >= 15 is 0 Å². The molecule has 3 nitrogen and oxygen atoms in total. The van der Waals surface area contributed by atoms with Crippen LogP contribution in [0, 0.1) is 0 Å². The summed E-state index contributed by atoms with van der Waals surface area (Å²) in [6.45, 7) is 10.4. The largest absolute Gasteiger partial charge is 0.444 e. The molecule has 1 rings (SSSR count). The fraction of sp³-hybridized carbons (Fsp3) is 0.750. The molecule has 0 fully saturated rings. The molecule has 0 radical (unpaired) electrons. The molecule has 86 valence electrons. The van der Waals surface area contributed by atoms with Gasteiger partial charge in [-0.05, 0) is 19.4 Å². The van der Waals surface area contributed by atoms with Crippen molar-refractivity contribution in [3.63, 3.8) is 0 Å². The monoisotopic (exact) mass is 210 g/mol. The minimum atomic E-state index is 0.0933. The van der Waals surface area contributed by atoms with Crippen molar-refractivity contribution < 1.29 is 4.42 Å². The molecular weight excluding hydrogens is 188 g/mol. The van der Waals surface area contributed by atoms with Crippen molar-refractivity contribution in [1.29, 1.82) is 0 Å². The van der Waals surface area contributed by atoms with E-state index in [0.29, 0.717) is 0 Å². The predicted molar refractivity (Wildman–Crippen MR) is 61.8 cm³/mol. The highest BCUT2D eigenvalue weighted by molar-refractivity contribution is 5.07. The van der Waals surface area contributed by atoms with Crippen molar-refractivity contribution in [1.82, 2.24) is 10.3 Å². The molecule has 0 bridgehead atoms. The van der Waals surface area contributed by atoms with Gasteiger partial charge in [0, 0.05) is 5.41 Å². The lowest BCUT2D eigenvalue weighted by Crippen LogP contribution is -2.15. The van der Waals surface area contributed by atoms with Crippen LogP contribution in [-0.4, -0.2) is 11.5 Å². The van der Waals surface area contributed by atoms with Gasteiger partial charge in [0.25, 0.3) is 0 Å². The van der Waals surface area contributed by atoms with Crippen molar-refractivity contribution in [2.24, 2.45) is 0 Å². The smallest absolute Gasteiger partial charge is 0.208 e. The number of hydrogen-bond donors (Lipinski definition) is 1. The predicted octanol–water partition coefficient (Wildman–Crippen LogP) is 2.86. The van der Waals surface area contributed by atoms with Crippen molar-refractivity contribution in [3.05, 3.63) is 17.8 Å². The molecule has 0 saturated carbocycles. The lowest BCUT2D eigenvalue weighted by Gasteiger charge is -2.18. The molecule has 15 heavy (non-hydrogen) atoms. The Kier molecular flexibility index (Phi) is 4.33. The highest BCUT2D eigenvalue weighted by Crippen LogP contribution is 2.26. The van der Waals surface area contributed by atoms with E-state index in [2.05, 4.69) is 38.0 Å². The third kappa shape index (κ3) is 3.34. The summed E-state index contributed by atoms with van der Waals surface area (Å²) in [5, 5.41) is 3.28. The normalized spacial score (nSPS) is 12.0. The first-order valence-corrected chi connectivity index (χ1v) is 5.76. The van der Waals surface area contributed by atoms with Crippen molar-refractivity contribution in [2.75, 3.05) is 6.54 Å². The summed E-state index contributed by atoms with van der Waals surface area (Å²) >= 11 is 0. The zero-order valence-corrected chi connectivity index (χ0v) is 10.3. The van der Waals surface area contributed by atoms with Gasteiger partial charge in [-0.15, -0.1) is 0 Å². The molecular formula is C12H22N2O. The van der Waals surface area contributed by atoms with Crippen LogP contribution in [0.4, 0.5) is 0 Å². The van der Waals surface area contributed by atoms with Gasteiger partial charge >= 0.3 is 0 Å². The summed E-state index contributed by atoms with van der Waals surface area (Å²) in [6, 6.07) is 0. The Morgan fingerprint density at radius 3 is 2.73 bits per heavy atom. The van der Waals surface area contributed by atoms with Gasteiger partial charge in [0.15, 0.2) is 0 Å². The Balaban J connectivity index is 2.56. The molecule has 0 atom stereocenters. The maximum atomic E-state index is 5.71. The number of nitrogens with zero attached hydrogens (tertiary/aromatic N) is 1. The number of rotatable bonds is 6. The number of aromatic nitrogens is 1. The maximum absolute atomic E-state index is 5.71. The highest BCUT2D eigenvalue weighted by Gasteiger charge is 2.22. The molecule has 3 heteroatoms. The number of hydrogen-bond acceptors (Lipinski definition) is 3. The van der Waals surface area contributed by atoms with Crippen molar-refractivity contribution in [2.45, 2.75) is 52.5 Å². The average Bonchev–Trinajstić information content (AvgIpc) is 2.68. The maximum Gasteiger partial charge on any atom is 0.208 e. The van der Waals surface area contributed by atoms with E-state index in [1.165, 1.54) is 0 Å². The summed E-state index contributed by atoms with van der Waals surface area (Å²) in [4.78, 5) is 4.27. The molecule has 1 aromatic rings. The topological polar surface area (TPSA) is 38.1 Å². The molecule has 0 aliphatic heterocycles. The van der Waals surface area contributed by atoms with Crippen LogP contribution in [0.5, 0.6) is 0 Å². The van der Waals surface area contributed by atoms with Gasteiger partial charge in [0.05, 0.1) is 12.7 Å². The van der Waals surface area contributed by atoms with Crippen LogP contribution in [0.15, 0.2) is 10.6 Å². The van der Waals surface area contributed by atoms with Crippen LogP contribution in [0.2, 0.25) is 0 Å². The molecule has 0 aliphatic rings. The van der Waals surface area contributed by atoms with Crippen LogP contribution in [-0.2, 0) is 12.0 Å². The van der Waals surface area contributed by atoms with Crippen LogP contribution >= 0.6 is 0 Å². The Labute approximate surface area is 92.3 Å². The molecule has 0 spiro atoms. The first kappa shape index (κ1) is 12.2. The first-order chi connectivity index (χ1) is 7.10. The van der Waals surface area contributed by atoms with Crippen LogP contribution in [0.3, 0.4) is 0 Å². The minimum absolute atomic E-state index is 0.0933. The molecule has 0 amide bonds. The Morgan fingerprint density at radius 1 is 1.40 bits per heavy atom. The van der Waals surface area contributed by atoms with E-state index in [1.807, 2.05) is 6.20 Å². The van der Waals surface area contributed by atoms with Gasteiger partial charge in [0.2, 0.25) is 5.89 Å². The van der Waals surface area contributed by atoms with E-state index in [4.69, 9.17) is 4.42 Å². The Hall–Kier alpha value is -0.830. The van der Waals surface area contributed by atoms with Gasteiger partial charge in [0.1, 0.15) is 5.76 Å². The van der Waals surface area contributed by atoms with Crippen LogP contribution in [0.1, 0.15) is 52.2 Å². The molecule has 0 saturated heterocycles. The number of oxazole rings is 1. The van der Waals surface area contributed by atoms with E-state index in [0.717, 1.165) is 37.6 Å². The minimum Gasteiger partial charge on any atom is -0.444 e. The summed E-state index contributed by atoms with van der Waals surface area (Å²) in [6.07, 6.45) is 4.05. The average molecular weight is 210 g/mol. The third-order valence-corrected chi connectivity index (χ3v) is 2.81. The van der Waals surface area contributed by atoms with Crippen molar-refractivity contribution in [3.8, 4) is 0 Å². The second-order valence-electron chi connectivity index (χ2n) is 4.53. The molecule has 1 aromatic heterocycles. The summed E-state index contributed by atoms with van der Waals surface area (Å²) < 4.78 is 5.71. The van der Waals surface area contributed by atoms with E-state index in [-0.39, 0.29) is 5.41 Å². The zero-order chi connectivity index (χ0) is 11.3. The standard InChI is InChI=1S/C12H22N2O/c1-5-7-13-9-11-14-8-10(15-11)12(3,4)6-2/h8,13H,5-7,9H2,1-4H3. The molecule has 0 unspecified atom stereocenters. The summed E-state index contributed by atoms with van der Waals surface area (Å²) in [7, 11) is 0. The van der Waals surface area contributed by atoms with E-state index in [1.54, 1.807) is 0 Å². The van der Waals surface area contributed by atoms with Gasteiger partial charge in [-0.3, -0.25) is 0 Å². The van der Waals surface area contributed by atoms with E-state index in [9.17, 15) is 0 Å². The van der Waals surface area contributed by atoms with Gasteiger partial charge < -0.3 is 9.73 Å². The fourth-order valence-corrected chi connectivity index (χ4v) is 1.25. The Bertz CT molecular complexity index is 292. The van der Waals surface area contributed by atoms with Gasteiger partial charge in [-0.1, -0.05) is 27.7 Å². The first-order valence-electron chi connectivity index (χ1n) is 5.76. The van der Waals surface area contributed by atoms with Crippen molar-refractivity contribution >= 4 is 0 Å². The summed E-state index contributed by atoms with van der Waals surface area (Å²) in [5.74, 6) is 1.78. The molecule has 1 heterocycles. The second kappa shape index (κ2) is 5.31. The van der Waals surface area contributed by atoms with Crippen LogP contribution < -0.4 is 5.32 Å². The third-order valence-electron chi connectivity index (χ3n) is 2.81. The highest BCUT2D eigenvalue weighted by atomic mass is 16.4. The van der Waals surface area contributed by atoms with Gasteiger partial charge in [-0.2, -0.15) is 0 Å². The quantitative estimate of drug-likeness (QED) is 0.734. The van der Waals surface area contributed by atoms with E-state index < -0.39 is 0 Å². The zero-order valence-electron chi connectivity index (χ0n) is 10.3. The molecule has 1 N–H and O–H groups in total. The lowest BCUT2D eigenvalue weighted by atomic mass is 9.88. The SMILES string of the molecule is CCCNCc1ncc(C(C)(C)CC)o1. The summed E-state index contributed by atoms with van der Waals surface area (Å²) in [5.41, 5.74) is 0.0933. The lowest BCUT2D eigenvalue weighted by molar-refractivity contribution is 0.350. The van der Waals surface area contributed by atoms with Crippen LogP contribution in [0.25, 0.3) is 0 Å². The molecule has 0 aromatic carbocycles. The second-order valence-corrected chi connectivity index (χ2v) is 4.53. The van der Waals surface area contributed by atoms with Gasteiger partial charge in [-0.25, -0.2) is 4.98 Å². The molecule has 0 aliphatic carbocycles. The fourth-order valence-electron chi connectivity index (χ4n) is 1.25.